The van der Waals surface area contributed by atoms with Crippen LogP contribution in [0.15, 0.2) is 237 Å². The first-order valence-corrected chi connectivity index (χ1v) is 24.5. The summed E-state index contributed by atoms with van der Waals surface area (Å²) in [6, 6.07) is 84.1. The number of benzene rings is 9. The topological polar surface area (TPSA) is 48.5 Å². The molecule has 0 fully saturated rings. The number of hydrogen-bond donors (Lipinski definition) is 0. The van der Waals surface area contributed by atoms with Crippen molar-refractivity contribution in [1.29, 1.82) is 0 Å². The predicted octanol–water partition coefficient (Wildman–Crippen LogP) is 16.6. The molecule has 0 aliphatic heterocycles. The maximum Gasteiger partial charge on any atom is 3.00 e. The van der Waals surface area contributed by atoms with Crippen LogP contribution in [0.1, 0.15) is 5.56 Å². The third kappa shape index (κ3) is 9.41. The predicted molar refractivity (Wildman–Crippen MR) is 299 cm³/mol. The zero-order valence-corrected chi connectivity index (χ0v) is 43.5. The second-order valence-electron chi connectivity index (χ2n) is 18.5. The van der Waals surface area contributed by atoms with Crippen LogP contribution in [0.25, 0.3) is 123 Å². The Balaban J connectivity index is 0.00000588. The minimum Gasteiger partial charge on any atom is -0.373 e. The van der Waals surface area contributed by atoms with E-state index >= 15 is 0 Å². The fourth-order valence-electron chi connectivity index (χ4n) is 10.0. The van der Waals surface area contributed by atoms with Gasteiger partial charge in [-0.25, -0.2) is 0 Å². The first-order valence-electron chi connectivity index (χ1n) is 24.5. The van der Waals surface area contributed by atoms with Crippen molar-refractivity contribution in [2.24, 2.45) is 14.1 Å². The van der Waals surface area contributed by atoms with Gasteiger partial charge in [0.1, 0.15) is 0 Å². The Labute approximate surface area is 446 Å². The van der Waals surface area contributed by atoms with Crippen molar-refractivity contribution >= 4 is 0 Å². The van der Waals surface area contributed by atoms with Crippen molar-refractivity contribution in [2.75, 3.05) is 0 Å². The molecule has 12 rings (SSSR count). The summed E-state index contributed by atoms with van der Waals surface area (Å²) in [5.41, 5.74) is 22.8. The molecule has 12 aromatic rings. The van der Waals surface area contributed by atoms with Crippen molar-refractivity contribution in [3.63, 3.8) is 0 Å². The molecule has 354 valence electrons. The van der Waals surface area contributed by atoms with Crippen molar-refractivity contribution in [3.8, 4) is 123 Å². The number of pyridine rings is 1. The van der Waals surface area contributed by atoms with Gasteiger partial charge in [-0.1, -0.05) is 156 Å². The molecule has 0 N–H and O–H groups in total. The molecule has 74 heavy (non-hydrogen) atoms. The second-order valence-corrected chi connectivity index (χ2v) is 18.5. The van der Waals surface area contributed by atoms with Gasteiger partial charge < -0.3 is 14.1 Å². The number of rotatable bonds is 11. The van der Waals surface area contributed by atoms with Crippen molar-refractivity contribution in [2.45, 2.75) is 6.92 Å². The van der Waals surface area contributed by atoms with Crippen LogP contribution in [0, 0.1) is 25.1 Å². The molecule has 0 saturated heterocycles. The van der Waals surface area contributed by atoms with Crippen molar-refractivity contribution in [3.05, 3.63) is 261 Å². The van der Waals surface area contributed by atoms with E-state index in [-0.39, 0.29) is 20.1 Å². The molecule has 0 atom stereocenters. The Morgan fingerprint density at radius 1 is 0.351 bits per heavy atom. The molecule has 0 unspecified atom stereocenters. The fourth-order valence-corrected chi connectivity index (χ4v) is 10.0. The van der Waals surface area contributed by atoms with Crippen molar-refractivity contribution < 1.29 is 20.1 Å². The molecule has 0 radical (unpaired) electrons. The van der Waals surface area contributed by atoms with Gasteiger partial charge in [0, 0.05) is 50.6 Å². The normalized spacial score (nSPS) is 11.1. The largest absolute Gasteiger partial charge is 3.00 e. The molecule has 3 heterocycles. The monoisotopic (exact) mass is 1130 g/mol. The van der Waals surface area contributed by atoms with E-state index < -0.39 is 0 Å². The van der Waals surface area contributed by atoms with Crippen LogP contribution in [0.5, 0.6) is 0 Å². The Hall–Kier alpha value is -8.80. The summed E-state index contributed by atoms with van der Waals surface area (Å²) in [5, 5.41) is 0. The molecule has 0 saturated carbocycles. The Morgan fingerprint density at radius 3 is 1.24 bits per heavy atom. The van der Waals surface area contributed by atoms with E-state index in [1.54, 1.807) is 0 Å². The average Bonchev–Trinajstić information content (AvgIpc) is 4.10. The number of aryl methyl sites for hydroxylation is 3. The molecule has 0 spiro atoms. The van der Waals surface area contributed by atoms with E-state index in [4.69, 9.17) is 4.98 Å². The Morgan fingerprint density at radius 2 is 0.784 bits per heavy atom. The summed E-state index contributed by atoms with van der Waals surface area (Å²) in [5.74, 6) is 1.76. The number of nitrogens with zero attached hydrogens (tertiary/aromatic N) is 5. The minimum atomic E-state index is 0. The quantitative estimate of drug-likeness (QED) is 0.121. The van der Waals surface area contributed by atoms with E-state index in [9.17, 15) is 0 Å². The van der Waals surface area contributed by atoms with Crippen LogP contribution in [0.4, 0.5) is 0 Å². The van der Waals surface area contributed by atoms with E-state index in [0.717, 1.165) is 117 Å². The molecular weight excluding hydrogens is 1080 g/mol. The fraction of sp³-hybridized carbons (Fsp3) is 0.0441. The Bertz CT molecular complexity index is 3780. The molecule has 0 amide bonds. The van der Waals surface area contributed by atoms with E-state index in [1.807, 2.05) is 66.3 Å². The summed E-state index contributed by atoms with van der Waals surface area (Å²) in [6.45, 7) is 2.18. The van der Waals surface area contributed by atoms with Gasteiger partial charge in [-0.2, -0.15) is 0 Å². The molecule has 3 aromatic heterocycles. The van der Waals surface area contributed by atoms with E-state index in [2.05, 4.69) is 229 Å². The summed E-state index contributed by atoms with van der Waals surface area (Å²) >= 11 is 0. The first-order chi connectivity index (χ1) is 35.9. The molecule has 5 nitrogen and oxygen atoms in total. The van der Waals surface area contributed by atoms with Crippen LogP contribution < -0.4 is 0 Å². The molecule has 6 heteroatoms. The van der Waals surface area contributed by atoms with Crippen LogP contribution >= 0.6 is 0 Å². The van der Waals surface area contributed by atoms with Gasteiger partial charge in [-0.3, -0.25) is 9.97 Å². The molecule has 9 aromatic carbocycles. The summed E-state index contributed by atoms with van der Waals surface area (Å²) in [4.78, 5) is 14.3. The first kappa shape index (κ1) is 47.5. The third-order valence-electron chi connectivity index (χ3n) is 13.8. The summed E-state index contributed by atoms with van der Waals surface area (Å²) in [6.07, 6.45) is 9.59. The second kappa shape index (κ2) is 20.7. The van der Waals surface area contributed by atoms with Gasteiger partial charge in [-0.15, -0.1) is 95.1 Å². The number of aromatic nitrogens is 5. The zero-order chi connectivity index (χ0) is 49.3. The van der Waals surface area contributed by atoms with Gasteiger partial charge in [0.25, 0.3) is 0 Å². The summed E-state index contributed by atoms with van der Waals surface area (Å²) in [7, 11) is 4.02. The molecule has 0 bridgehead atoms. The summed E-state index contributed by atoms with van der Waals surface area (Å²) < 4.78 is 4.04. The minimum absolute atomic E-state index is 0. The van der Waals surface area contributed by atoms with Gasteiger partial charge >= 0.3 is 20.1 Å². The van der Waals surface area contributed by atoms with Gasteiger partial charge in [0.2, 0.25) is 0 Å². The SMILES string of the molecule is Cc1cc(-c2[c-]ccc(-c3ccc(-c4ccccc4)cc3)c2)ncc1-c1ccccc1-c1cc(-c2ccccc2-c2c[c-]c(-c3nccn3C)cc2)cc(-c2ccccc2-c2c[c-]c(-c3nccn3C)cc2)c1.[Ir+3]. The standard InChI is InChI=1S/C68H48N5.Ir/c1-46-40-66(55-17-13-16-54(41-55)49-26-24-48(25-27-49)47-14-5-4-6-15-47)71-45-65(46)64-23-12-11-22-63(64)58-43-56(61-20-9-7-18-59(61)50-28-32-52(33-29-50)67-69-36-38-72(67)2)42-57(44-58)62-21-10-8-19-60(62)51-30-34-53(35-31-51)68-70-37-39-73(68)3;/h4-16,18-32,34,36-45H,1-3H3;/q-3;+3. The van der Waals surface area contributed by atoms with E-state index in [0.29, 0.717) is 0 Å². The van der Waals surface area contributed by atoms with Crippen LogP contribution in [0.3, 0.4) is 0 Å². The molecule has 0 aliphatic carbocycles. The maximum atomic E-state index is 5.14. The molecular formula is C68H48IrN5. The van der Waals surface area contributed by atoms with Crippen LogP contribution in [-0.2, 0) is 34.2 Å². The van der Waals surface area contributed by atoms with Crippen LogP contribution in [0.2, 0.25) is 0 Å². The van der Waals surface area contributed by atoms with Gasteiger partial charge in [0.15, 0.2) is 0 Å². The van der Waals surface area contributed by atoms with Crippen LogP contribution in [-0.4, -0.2) is 24.1 Å². The average molecular weight is 1130 g/mol. The number of imidazole rings is 2. The van der Waals surface area contributed by atoms with Gasteiger partial charge in [0.05, 0.1) is 11.6 Å². The van der Waals surface area contributed by atoms with E-state index in [1.165, 1.54) is 11.1 Å². The van der Waals surface area contributed by atoms with Gasteiger partial charge in [-0.05, 0) is 92.0 Å². The Kier molecular flexibility index (Phi) is 13.3. The molecule has 0 aliphatic rings. The zero-order valence-electron chi connectivity index (χ0n) is 41.1. The van der Waals surface area contributed by atoms with Crippen molar-refractivity contribution in [1.82, 2.24) is 24.1 Å². The number of hydrogen-bond acceptors (Lipinski definition) is 3. The third-order valence-corrected chi connectivity index (χ3v) is 13.8. The smallest absolute Gasteiger partial charge is 0.373 e. The maximum absolute atomic E-state index is 5.14.